The summed E-state index contributed by atoms with van der Waals surface area (Å²) < 4.78 is 7.67. The molecule has 1 fully saturated rings. The molecule has 1 aliphatic heterocycles. The number of aryl methyl sites for hydroxylation is 1. The van der Waals surface area contributed by atoms with Crippen LogP contribution in [0.15, 0.2) is 60.8 Å². The van der Waals surface area contributed by atoms with Crippen molar-refractivity contribution in [1.82, 2.24) is 19.9 Å². The molecule has 30 heavy (non-hydrogen) atoms. The van der Waals surface area contributed by atoms with Gasteiger partial charge < -0.3 is 4.74 Å². The van der Waals surface area contributed by atoms with E-state index >= 15 is 0 Å². The zero-order chi connectivity index (χ0) is 20.6. The summed E-state index contributed by atoms with van der Waals surface area (Å²) in [5.41, 5.74) is 2.73. The third-order valence-electron chi connectivity index (χ3n) is 5.67. The molecular formula is C24H27N5O. The summed E-state index contributed by atoms with van der Waals surface area (Å²) in [7, 11) is 0. The molecule has 1 aliphatic rings. The van der Waals surface area contributed by atoms with E-state index in [1.165, 1.54) is 19.3 Å². The van der Waals surface area contributed by atoms with Crippen LogP contribution in [0, 0.1) is 11.3 Å². The number of nitrogens with zero attached hydrogens (tertiary/aromatic N) is 5. The van der Waals surface area contributed by atoms with E-state index in [1.807, 2.05) is 59.4 Å². The van der Waals surface area contributed by atoms with Crippen LogP contribution < -0.4 is 4.74 Å². The number of nitriles is 1. The van der Waals surface area contributed by atoms with Crippen LogP contribution in [0.1, 0.15) is 42.5 Å². The first-order valence-electron chi connectivity index (χ1n) is 10.6. The topological polar surface area (TPSA) is 67.0 Å². The van der Waals surface area contributed by atoms with Crippen LogP contribution in [-0.4, -0.2) is 32.5 Å². The summed E-state index contributed by atoms with van der Waals surface area (Å²) in [5, 5.41) is 17.9. The Morgan fingerprint density at radius 3 is 2.77 bits per heavy atom. The molecule has 2 aromatic carbocycles. The van der Waals surface area contributed by atoms with Crippen molar-refractivity contribution in [2.45, 2.75) is 51.4 Å². The normalized spacial score (nSPS) is 16.8. The van der Waals surface area contributed by atoms with Crippen LogP contribution >= 0.6 is 0 Å². The number of aromatic nitrogens is 3. The lowest BCUT2D eigenvalue weighted by atomic mass is 9.97. The highest BCUT2D eigenvalue weighted by molar-refractivity contribution is 5.37. The van der Waals surface area contributed by atoms with Gasteiger partial charge in [0, 0.05) is 19.1 Å². The minimum atomic E-state index is 0.421. The molecule has 1 aromatic heterocycles. The van der Waals surface area contributed by atoms with E-state index in [1.54, 1.807) is 0 Å². The number of rotatable bonds is 8. The lowest BCUT2D eigenvalue weighted by Gasteiger charge is -2.36. The summed E-state index contributed by atoms with van der Waals surface area (Å²) in [6, 6.07) is 20.5. The number of benzene rings is 2. The fourth-order valence-electron chi connectivity index (χ4n) is 4.05. The van der Waals surface area contributed by atoms with Crippen molar-refractivity contribution in [3.05, 3.63) is 77.6 Å². The second kappa shape index (κ2) is 10.0. The van der Waals surface area contributed by atoms with E-state index in [9.17, 15) is 5.26 Å². The van der Waals surface area contributed by atoms with Gasteiger partial charge in [-0.25, -0.2) is 0 Å². The van der Waals surface area contributed by atoms with Crippen molar-refractivity contribution in [3.8, 4) is 11.8 Å². The Bertz CT molecular complexity index is 979. The Morgan fingerprint density at radius 1 is 1.07 bits per heavy atom. The fraction of sp³-hybridized carbons (Fsp3) is 0.375. The second-order valence-corrected chi connectivity index (χ2v) is 7.75. The lowest BCUT2D eigenvalue weighted by Crippen LogP contribution is -2.39. The number of piperidine rings is 1. The number of hydrogen-bond donors (Lipinski definition) is 0. The van der Waals surface area contributed by atoms with E-state index in [0.29, 0.717) is 12.6 Å². The highest BCUT2D eigenvalue weighted by atomic mass is 16.5. The Kier molecular flexibility index (Phi) is 6.73. The summed E-state index contributed by atoms with van der Waals surface area (Å²) >= 11 is 0. The molecule has 0 saturated carbocycles. The smallest absolute Gasteiger partial charge is 0.134 e. The Morgan fingerprint density at radius 2 is 1.90 bits per heavy atom. The maximum absolute atomic E-state index is 9.39. The first-order chi connectivity index (χ1) is 14.8. The van der Waals surface area contributed by atoms with Gasteiger partial charge in [-0.3, -0.25) is 9.58 Å². The van der Waals surface area contributed by atoms with E-state index in [4.69, 9.17) is 4.74 Å². The van der Waals surface area contributed by atoms with Gasteiger partial charge in [-0.15, -0.1) is 5.10 Å². The quantitative estimate of drug-likeness (QED) is 0.567. The van der Waals surface area contributed by atoms with Crippen LogP contribution in [0.25, 0.3) is 0 Å². The van der Waals surface area contributed by atoms with Crippen molar-refractivity contribution in [2.75, 3.05) is 6.54 Å². The molecule has 1 unspecified atom stereocenters. The molecule has 0 spiro atoms. The zero-order valence-electron chi connectivity index (χ0n) is 17.2. The fourth-order valence-corrected chi connectivity index (χ4v) is 4.05. The SMILES string of the molecule is N#Cc1ccccc1CN1CCCCC1CCn1cc(COc2ccccc2)nn1. The van der Waals surface area contributed by atoms with Crippen molar-refractivity contribution in [3.63, 3.8) is 0 Å². The maximum atomic E-state index is 9.39. The van der Waals surface area contributed by atoms with Gasteiger partial charge in [0.25, 0.3) is 0 Å². The minimum absolute atomic E-state index is 0.421. The lowest BCUT2D eigenvalue weighted by molar-refractivity contribution is 0.127. The molecule has 4 rings (SSSR count). The van der Waals surface area contributed by atoms with Crippen LogP contribution in [0.2, 0.25) is 0 Å². The molecule has 1 saturated heterocycles. The third kappa shape index (κ3) is 5.25. The van der Waals surface area contributed by atoms with Gasteiger partial charge in [0.1, 0.15) is 18.1 Å². The molecule has 154 valence electrons. The Labute approximate surface area is 177 Å². The van der Waals surface area contributed by atoms with Crippen molar-refractivity contribution in [1.29, 1.82) is 5.26 Å². The van der Waals surface area contributed by atoms with Crippen molar-refractivity contribution < 1.29 is 4.74 Å². The maximum Gasteiger partial charge on any atom is 0.134 e. The number of likely N-dealkylation sites (tertiary alicyclic amines) is 1. The molecule has 0 N–H and O–H groups in total. The van der Waals surface area contributed by atoms with Gasteiger partial charge in [-0.2, -0.15) is 5.26 Å². The first kappa shape index (κ1) is 20.1. The second-order valence-electron chi connectivity index (χ2n) is 7.75. The molecule has 2 heterocycles. The van der Waals surface area contributed by atoms with Gasteiger partial charge in [-0.05, 0) is 49.6 Å². The molecule has 1 atom stereocenters. The van der Waals surface area contributed by atoms with E-state index in [2.05, 4.69) is 27.3 Å². The van der Waals surface area contributed by atoms with Crippen LogP contribution in [0.5, 0.6) is 5.75 Å². The zero-order valence-corrected chi connectivity index (χ0v) is 17.2. The molecule has 0 bridgehead atoms. The standard InChI is InChI=1S/C24H27N5O/c25-16-20-8-4-5-9-21(20)17-28-14-7-6-10-23(28)13-15-29-18-22(26-27-29)19-30-24-11-2-1-3-12-24/h1-5,8-9,11-12,18,23H,6-7,10,13-15,17,19H2. The Balaban J connectivity index is 1.32. The monoisotopic (exact) mass is 401 g/mol. The summed E-state index contributed by atoms with van der Waals surface area (Å²) in [6.45, 7) is 3.17. The summed E-state index contributed by atoms with van der Waals surface area (Å²) in [6.07, 6.45) is 6.66. The van der Waals surface area contributed by atoms with Gasteiger partial charge in [0.2, 0.25) is 0 Å². The molecule has 0 aliphatic carbocycles. The number of ether oxygens (including phenoxy) is 1. The van der Waals surface area contributed by atoms with Crippen LogP contribution in [0.4, 0.5) is 0 Å². The average molecular weight is 402 g/mol. The first-order valence-corrected chi connectivity index (χ1v) is 10.6. The number of para-hydroxylation sites is 1. The molecule has 0 radical (unpaired) electrons. The predicted molar refractivity (Wildman–Crippen MR) is 115 cm³/mol. The van der Waals surface area contributed by atoms with Gasteiger partial charge >= 0.3 is 0 Å². The van der Waals surface area contributed by atoms with E-state index in [0.717, 1.165) is 48.6 Å². The minimum Gasteiger partial charge on any atom is -0.487 e. The molecule has 6 heteroatoms. The van der Waals surface area contributed by atoms with E-state index in [-0.39, 0.29) is 0 Å². The van der Waals surface area contributed by atoms with Gasteiger partial charge in [0.15, 0.2) is 0 Å². The molecule has 3 aromatic rings. The van der Waals surface area contributed by atoms with Crippen molar-refractivity contribution >= 4 is 0 Å². The molecule has 6 nitrogen and oxygen atoms in total. The van der Waals surface area contributed by atoms with Crippen LogP contribution in [0.3, 0.4) is 0 Å². The van der Waals surface area contributed by atoms with E-state index < -0.39 is 0 Å². The average Bonchev–Trinajstić information content (AvgIpc) is 3.26. The predicted octanol–water partition coefficient (Wildman–Crippen LogP) is 4.17. The third-order valence-corrected chi connectivity index (χ3v) is 5.67. The van der Waals surface area contributed by atoms with Crippen LogP contribution in [-0.2, 0) is 19.7 Å². The number of hydrogen-bond acceptors (Lipinski definition) is 5. The Hall–Kier alpha value is -3.17. The highest BCUT2D eigenvalue weighted by Gasteiger charge is 2.23. The van der Waals surface area contributed by atoms with Crippen molar-refractivity contribution in [2.24, 2.45) is 0 Å². The molecular weight excluding hydrogens is 374 g/mol. The highest BCUT2D eigenvalue weighted by Crippen LogP contribution is 2.23. The summed E-state index contributed by atoms with van der Waals surface area (Å²) in [5.74, 6) is 0.836. The molecule has 0 amide bonds. The van der Waals surface area contributed by atoms with Gasteiger partial charge in [-0.1, -0.05) is 48.0 Å². The summed E-state index contributed by atoms with van der Waals surface area (Å²) in [4.78, 5) is 2.52. The van der Waals surface area contributed by atoms with Gasteiger partial charge in [0.05, 0.1) is 17.8 Å². The largest absolute Gasteiger partial charge is 0.487 e.